The molecule has 22 heavy (non-hydrogen) atoms. The summed E-state index contributed by atoms with van der Waals surface area (Å²) in [7, 11) is 0. The molecule has 3 rings (SSSR count). The normalized spacial score (nSPS) is 22.7. The molecular formula is C16H22N4O2. The van der Waals surface area contributed by atoms with Crippen LogP contribution >= 0.6 is 0 Å². The predicted molar refractivity (Wildman–Crippen MR) is 80.8 cm³/mol. The summed E-state index contributed by atoms with van der Waals surface area (Å²) in [5.41, 5.74) is 0.892. The van der Waals surface area contributed by atoms with E-state index in [9.17, 15) is 9.59 Å². The van der Waals surface area contributed by atoms with E-state index >= 15 is 0 Å². The van der Waals surface area contributed by atoms with Gasteiger partial charge in [-0.2, -0.15) is 0 Å². The third-order valence-corrected chi connectivity index (χ3v) is 4.52. The largest absolute Gasteiger partial charge is 0.333 e. The Labute approximate surface area is 130 Å². The van der Waals surface area contributed by atoms with Gasteiger partial charge in [0.1, 0.15) is 6.33 Å². The van der Waals surface area contributed by atoms with E-state index in [-0.39, 0.29) is 24.4 Å². The van der Waals surface area contributed by atoms with E-state index in [4.69, 9.17) is 0 Å². The highest BCUT2D eigenvalue weighted by Gasteiger charge is 2.32. The molecule has 0 bridgehead atoms. The molecule has 0 N–H and O–H groups in total. The SMILES string of the molecule is O=C1CCCCCN1CC(=O)N1CCC[C@H]1c1ccncn1. The van der Waals surface area contributed by atoms with E-state index in [1.807, 2.05) is 11.0 Å². The molecule has 0 aliphatic carbocycles. The van der Waals surface area contributed by atoms with Gasteiger partial charge in [-0.1, -0.05) is 6.42 Å². The van der Waals surface area contributed by atoms with E-state index in [0.29, 0.717) is 13.0 Å². The zero-order chi connectivity index (χ0) is 15.4. The second-order valence-corrected chi connectivity index (χ2v) is 6.01. The van der Waals surface area contributed by atoms with Gasteiger partial charge in [-0.3, -0.25) is 9.59 Å². The second-order valence-electron chi connectivity index (χ2n) is 6.01. The molecule has 2 saturated heterocycles. The minimum absolute atomic E-state index is 0.0255. The molecule has 0 aromatic carbocycles. The first-order valence-electron chi connectivity index (χ1n) is 8.09. The van der Waals surface area contributed by atoms with Gasteiger partial charge in [0.05, 0.1) is 18.3 Å². The van der Waals surface area contributed by atoms with Crippen LogP contribution in [-0.2, 0) is 9.59 Å². The van der Waals surface area contributed by atoms with Gasteiger partial charge in [0.25, 0.3) is 0 Å². The van der Waals surface area contributed by atoms with Crippen LogP contribution in [0, 0.1) is 0 Å². The van der Waals surface area contributed by atoms with Crippen molar-refractivity contribution < 1.29 is 9.59 Å². The maximum Gasteiger partial charge on any atom is 0.242 e. The van der Waals surface area contributed by atoms with Gasteiger partial charge in [-0.25, -0.2) is 9.97 Å². The summed E-state index contributed by atoms with van der Waals surface area (Å²) >= 11 is 0. The van der Waals surface area contributed by atoms with E-state index in [0.717, 1.165) is 44.3 Å². The smallest absolute Gasteiger partial charge is 0.242 e. The Morgan fingerprint density at radius 1 is 1.23 bits per heavy atom. The number of aromatic nitrogens is 2. The van der Waals surface area contributed by atoms with Crippen LogP contribution < -0.4 is 0 Å². The summed E-state index contributed by atoms with van der Waals surface area (Å²) in [6, 6.07) is 1.89. The standard InChI is InChI=1S/C16H22N4O2/c21-15-6-2-1-3-9-19(15)11-16(22)20-10-4-5-14(20)13-7-8-17-12-18-13/h7-8,12,14H,1-6,9-11H2/t14-/m0/s1. The van der Waals surface area contributed by atoms with Crippen LogP contribution in [0.15, 0.2) is 18.6 Å². The molecule has 1 atom stereocenters. The number of nitrogens with zero attached hydrogens (tertiary/aromatic N) is 4. The molecule has 6 nitrogen and oxygen atoms in total. The van der Waals surface area contributed by atoms with Crippen LogP contribution in [0.3, 0.4) is 0 Å². The van der Waals surface area contributed by atoms with Crippen molar-refractivity contribution in [2.24, 2.45) is 0 Å². The monoisotopic (exact) mass is 302 g/mol. The summed E-state index contributed by atoms with van der Waals surface area (Å²) in [5.74, 6) is 0.153. The van der Waals surface area contributed by atoms with Gasteiger partial charge in [0.2, 0.25) is 11.8 Å². The number of carbonyl (C=O) groups excluding carboxylic acids is 2. The molecule has 0 unspecified atom stereocenters. The quantitative estimate of drug-likeness (QED) is 0.849. The fourth-order valence-corrected chi connectivity index (χ4v) is 3.33. The Balaban J connectivity index is 1.67. The zero-order valence-electron chi connectivity index (χ0n) is 12.8. The van der Waals surface area contributed by atoms with Gasteiger partial charge < -0.3 is 9.80 Å². The fraction of sp³-hybridized carbons (Fsp3) is 0.625. The van der Waals surface area contributed by atoms with Gasteiger partial charge in [0, 0.05) is 25.7 Å². The van der Waals surface area contributed by atoms with Crippen molar-refractivity contribution in [1.82, 2.24) is 19.8 Å². The number of hydrogen-bond acceptors (Lipinski definition) is 4. The van der Waals surface area contributed by atoms with Crippen molar-refractivity contribution in [3.8, 4) is 0 Å². The Kier molecular flexibility index (Phi) is 4.65. The van der Waals surface area contributed by atoms with Crippen LogP contribution in [0.2, 0.25) is 0 Å². The summed E-state index contributed by atoms with van der Waals surface area (Å²) in [6.07, 6.45) is 8.72. The molecule has 2 fully saturated rings. The molecular weight excluding hydrogens is 280 g/mol. The minimum Gasteiger partial charge on any atom is -0.333 e. The maximum absolute atomic E-state index is 12.6. The van der Waals surface area contributed by atoms with Crippen LogP contribution in [-0.4, -0.2) is 51.2 Å². The predicted octanol–water partition coefficient (Wildman–Crippen LogP) is 1.54. The van der Waals surface area contributed by atoms with E-state index in [2.05, 4.69) is 9.97 Å². The third-order valence-electron chi connectivity index (χ3n) is 4.52. The molecule has 2 aliphatic heterocycles. The highest BCUT2D eigenvalue weighted by molar-refractivity contribution is 5.85. The molecule has 2 aliphatic rings. The molecule has 1 aromatic rings. The molecule has 6 heteroatoms. The average Bonchev–Trinajstić information content (AvgIpc) is 2.95. The van der Waals surface area contributed by atoms with Crippen LogP contribution in [0.25, 0.3) is 0 Å². The number of amides is 2. The molecule has 118 valence electrons. The Bertz CT molecular complexity index is 534. The Hall–Kier alpha value is -1.98. The van der Waals surface area contributed by atoms with E-state index in [1.54, 1.807) is 11.1 Å². The summed E-state index contributed by atoms with van der Waals surface area (Å²) < 4.78 is 0. The van der Waals surface area contributed by atoms with Crippen molar-refractivity contribution in [1.29, 1.82) is 0 Å². The van der Waals surface area contributed by atoms with E-state index in [1.165, 1.54) is 6.33 Å². The second kappa shape index (κ2) is 6.85. The van der Waals surface area contributed by atoms with E-state index < -0.39 is 0 Å². The minimum atomic E-state index is 0.0255. The van der Waals surface area contributed by atoms with Crippen molar-refractivity contribution in [2.75, 3.05) is 19.6 Å². The first-order chi connectivity index (χ1) is 10.8. The molecule has 2 amide bonds. The summed E-state index contributed by atoms with van der Waals surface area (Å²) in [6.45, 7) is 1.66. The van der Waals surface area contributed by atoms with Gasteiger partial charge >= 0.3 is 0 Å². The lowest BCUT2D eigenvalue weighted by Crippen LogP contribution is -2.42. The topological polar surface area (TPSA) is 66.4 Å². The van der Waals surface area contributed by atoms with Crippen molar-refractivity contribution in [3.63, 3.8) is 0 Å². The van der Waals surface area contributed by atoms with Gasteiger partial charge in [-0.15, -0.1) is 0 Å². The van der Waals surface area contributed by atoms with Crippen LogP contribution in [0.5, 0.6) is 0 Å². The maximum atomic E-state index is 12.6. The number of hydrogen-bond donors (Lipinski definition) is 0. The molecule has 1 aromatic heterocycles. The molecule has 0 saturated carbocycles. The first-order valence-corrected chi connectivity index (χ1v) is 8.09. The first kappa shape index (κ1) is 14.9. The summed E-state index contributed by atoms with van der Waals surface area (Å²) in [4.78, 5) is 36.5. The Morgan fingerprint density at radius 2 is 2.14 bits per heavy atom. The highest BCUT2D eigenvalue weighted by atomic mass is 16.2. The fourth-order valence-electron chi connectivity index (χ4n) is 3.33. The lowest BCUT2D eigenvalue weighted by molar-refractivity contribution is -0.140. The van der Waals surface area contributed by atoms with Gasteiger partial charge in [0.15, 0.2) is 0 Å². The number of rotatable bonds is 3. The van der Waals surface area contributed by atoms with Gasteiger partial charge in [-0.05, 0) is 31.7 Å². The Morgan fingerprint density at radius 3 is 2.95 bits per heavy atom. The van der Waals surface area contributed by atoms with Crippen molar-refractivity contribution in [3.05, 3.63) is 24.3 Å². The average molecular weight is 302 g/mol. The number of likely N-dealkylation sites (tertiary alicyclic amines) is 2. The summed E-state index contributed by atoms with van der Waals surface area (Å²) in [5, 5.41) is 0. The lowest BCUT2D eigenvalue weighted by atomic mass is 10.1. The molecule has 3 heterocycles. The highest BCUT2D eigenvalue weighted by Crippen LogP contribution is 2.30. The van der Waals surface area contributed by atoms with Crippen molar-refractivity contribution in [2.45, 2.75) is 44.6 Å². The van der Waals surface area contributed by atoms with Crippen LogP contribution in [0.4, 0.5) is 0 Å². The third kappa shape index (κ3) is 3.26. The number of carbonyl (C=O) groups is 2. The van der Waals surface area contributed by atoms with Crippen LogP contribution in [0.1, 0.15) is 50.3 Å². The lowest BCUT2D eigenvalue weighted by Gasteiger charge is -2.28. The molecule has 0 spiro atoms. The molecule has 0 radical (unpaired) electrons. The zero-order valence-corrected chi connectivity index (χ0v) is 12.8. The van der Waals surface area contributed by atoms with Crippen molar-refractivity contribution >= 4 is 11.8 Å².